The molecule has 0 unspecified atom stereocenters. The zero-order chi connectivity index (χ0) is 14.4. The molecule has 2 aromatic carbocycles. The fourth-order valence-corrected chi connectivity index (χ4v) is 1.72. The SMILES string of the molecule is O=C(c1ccc(OCO)cc1)c1ccc(OCO)cc1. The second kappa shape index (κ2) is 6.70. The highest BCUT2D eigenvalue weighted by molar-refractivity contribution is 6.09. The van der Waals surface area contributed by atoms with E-state index in [4.69, 9.17) is 19.7 Å². The van der Waals surface area contributed by atoms with Gasteiger partial charge in [0.25, 0.3) is 0 Å². The predicted molar refractivity (Wildman–Crippen MR) is 71.7 cm³/mol. The molecule has 5 heteroatoms. The van der Waals surface area contributed by atoms with Gasteiger partial charge in [0.05, 0.1) is 0 Å². The van der Waals surface area contributed by atoms with Crippen molar-refractivity contribution in [3.05, 3.63) is 59.7 Å². The Labute approximate surface area is 116 Å². The van der Waals surface area contributed by atoms with Crippen LogP contribution in [0.5, 0.6) is 11.5 Å². The number of carbonyl (C=O) groups excluding carboxylic acids is 1. The summed E-state index contributed by atoms with van der Waals surface area (Å²) in [5.41, 5.74) is 1.04. The minimum atomic E-state index is -0.403. The molecule has 20 heavy (non-hydrogen) atoms. The Morgan fingerprint density at radius 1 is 0.750 bits per heavy atom. The number of hydrogen-bond donors (Lipinski definition) is 2. The van der Waals surface area contributed by atoms with Gasteiger partial charge in [-0.1, -0.05) is 0 Å². The van der Waals surface area contributed by atoms with Crippen LogP contribution in [0.4, 0.5) is 0 Å². The summed E-state index contributed by atoms with van der Waals surface area (Å²) in [6.07, 6.45) is 0. The van der Waals surface area contributed by atoms with Crippen molar-refractivity contribution in [3.63, 3.8) is 0 Å². The highest BCUT2D eigenvalue weighted by Crippen LogP contribution is 2.17. The van der Waals surface area contributed by atoms with E-state index in [1.165, 1.54) is 0 Å². The third-order valence-electron chi connectivity index (χ3n) is 2.70. The van der Waals surface area contributed by atoms with Crippen LogP contribution < -0.4 is 9.47 Å². The monoisotopic (exact) mass is 274 g/mol. The molecule has 0 heterocycles. The largest absolute Gasteiger partial charge is 0.468 e. The van der Waals surface area contributed by atoms with E-state index in [-0.39, 0.29) is 5.78 Å². The van der Waals surface area contributed by atoms with Gasteiger partial charge in [-0.2, -0.15) is 0 Å². The van der Waals surface area contributed by atoms with E-state index in [1.807, 2.05) is 0 Å². The third-order valence-corrected chi connectivity index (χ3v) is 2.70. The summed E-state index contributed by atoms with van der Waals surface area (Å²) in [5, 5.41) is 17.3. The molecule has 0 saturated carbocycles. The maximum atomic E-state index is 12.2. The Balaban J connectivity index is 2.13. The highest BCUT2D eigenvalue weighted by Gasteiger charge is 2.09. The van der Waals surface area contributed by atoms with Crippen LogP contribution in [0.2, 0.25) is 0 Å². The number of benzene rings is 2. The molecule has 2 aromatic rings. The molecule has 0 saturated heterocycles. The Morgan fingerprint density at radius 2 is 1.10 bits per heavy atom. The summed E-state index contributed by atoms with van der Waals surface area (Å²) in [4.78, 5) is 12.2. The zero-order valence-electron chi connectivity index (χ0n) is 10.7. The van der Waals surface area contributed by atoms with Crippen LogP contribution in [0.1, 0.15) is 15.9 Å². The maximum absolute atomic E-state index is 12.2. The van der Waals surface area contributed by atoms with E-state index in [0.717, 1.165) is 0 Å². The molecule has 0 spiro atoms. The van der Waals surface area contributed by atoms with Crippen LogP contribution in [0.25, 0.3) is 0 Å². The van der Waals surface area contributed by atoms with E-state index in [2.05, 4.69) is 0 Å². The number of rotatable bonds is 6. The Kier molecular flexibility index (Phi) is 4.70. The van der Waals surface area contributed by atoms with E-state index in [0.29, 0.717) is 22.6 Å². The Bertz CT molecular complexity index is 508. The van der Waals surface area contributed by atoms with Gasteiger partial charge in [-0.3, -0.25) is 4.79 Å². The number of ketones is 1. The number of hydrogen-bond acceptors (Lipinski definition) is 5. The lowest BCUT2D eigenvalue weighted by molar-refractivity contribution is 0.0981. The molecule has 0 aliphatic heterocycles. The van der Waals surface area contributed by atoms with Crippen molar-refractivity contribution in [2.24, 2.45) is 0 Å². The lowest BCUT2D eigenvalue weighted by Crippen LogP contribution is -2.02. The quantitative estimate of drug-likeness (QED) is 0.617. The van der Waals surface area contributed by atoms with Crippen LogP contribution in [-0.2, 0) is 0 Å². The minimum Gasteiger partial charge on any atom is -0.468 e. The summed E-state index contributed by atoms with van der Waals surface area (Å²) in [5.74, 6) is 0.864. The summed E-state index contributed by atoms with van der Waals surface area (Å²) in [7, 11) is 0. The molecule has 0 aliphatic carbocycles. The van der Waals surface area contributed by atoms with Gasteiger partial charge in [0, 0.05) is 11.1 Å². The van der Waals surface area contributed by atoms with Gasteiger partial charge in [0.1, 0.15) is 11.5 Å². The van der Waals surface area contributed by atoms with Crippen molar-refractivity contribution in [1.82, 2.24) is 0 Å². The Morgan fingerprint density at radius 3 is 1.40 bits per heavy atom. The average molecular weight is 274 g/mol. The molecular formula is C15H14O5. The third kappa shape index (κ3) is 3.34. The van der Waals surface area contributed by atoms with Gasteiger partial charge in [-0.05, 0) is 48.5 Å². The van der Waals surface area contributed by atoms with E-state index < -0.39 is 13.6 Å². The first-order valence-electron chi connectivity index (χ1n) is 5.96. The van der Waals surface area contributed by atoms with E-state index in [9.17, 15) is 4.79 Å². The lowest BCUT2D eigenvalue weighted by Gasteiger charge is -2.05. The van der Waals surface area contributed by atoms with E-state index >= 15 is 0 Å². The lowest BCUT2D eigenvalue weighted by atomic mass is 10.0. The second-order valence-electron chi connectivity index (χ2n) is 3.92. The fraction of sp³-hybridized carbons (Fsp3) is 0.133. The number of carbonyl (C=O) groups is 1. The van der Waals surface area contributed by atoms with E-state index in [1.54, 1.807) is 48.5 Å². The molecule has 0 atom stereocenters. The molecule has 104 valence electrons. The maximum Gasteiger partial charge on any atom is 0.193 e. The topological polar surface area (TPSA) is 76.0 Å². The van der Waals surface area contributed by atoms with Crippen LogP contribution in [0.15, 0.2) is 48.5 Å². The fourth-order valence-electron chi connectivity index (χ4n) is 1.72. The van der Waals surface area contributed by atoms with Crippen LogP contribution in [0, 0.1) is 0 Å². The molecule has 2 rings (SSSR count). The predicted octanol–water partition coefficient (Wildman–Crippen LogP) is 1.57. The standard InChI is InChI=1S/C15H14O5/c16-9-19-13-5-1-11(2-6-13)15(18)12-3-7-14(8-4-12)20-10-17/h1-8,16-17H,9-10H2. The van der Waals surface area contributed by atoms with Crippen LogP contribution >= 0.6 is 0 Å². The van der Waals surface area contributed by atoms with Crippen molar-refractivity contribution in [3.8, 4) is 11.5 Å². The number of aliphatic hydroxyl groups excluding tert-OH is 2. The van der Waals surface area contributed by atoms with Crippen molar-refractivity contribution < 1.29 is 24.5 Å². The number of aliphatic hydroxyl groups is 2. The second-order valence-corrected chi connectivity index (χ2v) is 3.92. The normalized spacial score (nSPS) is 10.1. The summed E-state index contributed by atoms with van der Waals surface area (Å²) in [6, 6.07) is 13.0. The van der Waals surface area contributed by atoms with Gasteiger partial charge in [0.2, 0.25) is 0 Å². The summed E-state index contributed by atoms with van der Waals surface area (Å²) in [6.45, 7) is -0.806. The van der Waals surface area contributed by atoms with Gasteiger partial charge in [-0.25, -0.2) is 0 Å². The average Bonchev–Trinajstić information content (AvgIpc) is 2.49. The molecule has 0 fully saturated rings. The highest BCUT2D eigenvalue weighted by atomic mass is 16.6. The molecule has 0 aliphatic rings. The molecule has 0 aromatic heterocycles. The van der Waals surface area contributed by atoms with Gasteiger partial charge in [-0.15, -0.1) is 0 Å². The van der Waals surface area contributed by atoms with Crippen molar-refractivity contribution in [2.45, 2.75) is 0 Å². The van der Waals surface area contributed by atoms with Crippen molar-refractivity contribution in [2.75, 3.05) is 13.6 Å². The first-order chi connectivity index (χ1) is 9.74. The first kappa shape index (κ1) is 14.0. The van der Waals surface area contributed by atoms with Crippen LogP contribution in [-0.4, -0.2) is 29.6 Å². The minimum absolute atomic E-state index is 0.129. The van der Waals surface area contributed by atoms with Gasteiger partial charge in [0.15, 0.2) is 19.4 Å². The molecular weight excluding hydrogens is 260 g/mol. The molecule has 0 radical (unpaired) electrons. The zero-order valence-corrected chi connectivity index (χ0v) is 10.7. The number of ether oxygens (including phenoxy) is 2. The smallest absolute Gasteiger partial charge is 0.193 e. The van der Waals surface area contributed by atoms with Crippen molar-refractivity contribution in [1.29, 1.82) is 0 Å². The molecule has 0 bridgehead atoms. The molecule has 2 N–H and O–H groups in total. The molecule has 0 amide bonds. The van der Waals surface area contributed by atoms with Gasteiger partial charge < -0.3 is 19.7 Å². The van der Waals surface area contributed by atoms with Gasteiger partial charge >= 0.3 is 0 Å². The van der Waals surface area contributed by atoms with Crippen molar-refractivity contribution >= 4 is 5.78 Å². The summed E-state index contributed by atoms with van der Waals surface area (Å²) < 4.78 is 9.79. The Hall–Kier alpha value is -2.37. The summed E-state index contributed by atoms with van der Waals surface area (Å²) >= 11 is 0. The van der Waals surface area contributed by atoms with Crippen LogP contribution in [0.3, 0.4) is 0 Å². The molecule has 5 nitrogen and oxygen atoms in total. The first-order valence-corrected chi connectivity index (χ1v) is 5.96.